The van der Waals surface area contributed by atoms with Crippen LogP contribution in [0, 0.1) is 12.8 Å². The van der Waals surface area contributed by atoms with Crippen molar-refractivity contribution in [2.24, 2.45) is 5.92 Å². The summed E-state index contributed by atoms with van der Waals surface area (Å²) in [5, 5.41) is 9.07. The number of piperidine rings is 1. The Morgan fingerprint density at radius 1 is 1.45 bits per heavy atom. The van der Waals surface area contributed by atoms with Crippen molar-refractivity contribution in [2.45, 2.75) is 19.8 Å². The Bertz CT molecular complexity index is 530. The van der Waals surface area contributed by atoms with Gasteiger partial charge in [-0.25, -0.2) is 4.98 Å². The predicted molar refractivity (Wildman–Crippen MR) is 71.8 cm³/mol. The van der Waals surface area contributed by atoms with E-state index in [4.69, 9.17) is 9.84 Å². The van der Waals surface area contributed by atoms with Crippen molar-refractivity contribution in [3.8, 4) is 5.88 Å². The molecule has 2 heterocycles. The molecule has 1 N–H and O–H groups in total. The molecule has 0 aromatic carbocycles. The Labute approximate surface area is 117 Å². The largest absolute Gasteiger partial charge is 0.481 e. The fraction of sp³-hybridized carbons (Fsp3) is 0.500. The average molecular weight is 278 g/mol. The lowest BCUT2D eigenvalue weighted by molar-refractivity contribution is -0.143. The van der Waals surface area contributed by atoms with Crippen LogP contribution < -0.4 is 4.74 Å². The maximum absolute atomic E-state index is 12.5. The summed E-state index contributed by atoms with van der Waals surface area (Å²) < 4.78 is 5.14. The van der Waals surface area contributed by atoms with Gasteiger partial charge in [-0.05, 0) is 31.9 Å². The second kappa shape index (κ2) is 5.90. The van der Waals surface area contributed by atoms with Crippen molar-refractivity contribution in [3.63, 3.8) is 0 Å². The van der Waals surface area contributed by atoms with Crippen LogP contribution in [0.4, 0.5) is 0 Å². The van der Waals surface area contributed by atoms with Crippen molar-refractivity contribution >= 4 is 11.9 Å². The van der Waals surface area contributed by atoms with Gasteiger partial charge in [0.1, 0.15) is 5.56 Å². The van der Waals surface area contributed by atoms with Crippen LogP contribution in [0.25, 0.3) is 0 Å². The van der Waals surface area contributed by atoms with Gasteiger partial charge in [0.2, 0.25) is 5.88 Å². The van der Waals surface area contributed by atoms with Crippen LogP contribution in [-0.4, -0.2) is 47.1 Å². The van der Waals surface area contributed by atoms with E-state index in [1.807, 2.05) is 6.92 Å². The molecule has 20 heavy (non-hydrogen) atoms. The van der Waals surface area contributed by atoms with Crippen LogP contribution in [0.2, 0.25) is 0 Å². The van der Waals surface area contributed by atoms with Gasteiger partial charge >= 0.3 is 5.97 Å². The summed E-state index contributed by atoms with van der Waals surface area (Å²) in [6.45, 7) is 2.63. The molecule has 1 atom stereocenters. The number of pyridine rings is 1. The van der Waals surface area contributed by atoms with Gasteiger partial charge in [0.05, 0.1) is 13.0 Å². The van der Waals surface area contributed by atoms with Crippen LogP contribution in [-0.2, 0) is 4.79 Å². The van der Waals surface area contributed by atoms with Crippen LogP contribution in [0.5, 0.6) is 5.88 Å². The number of aryl methyl sites for hydroxylation is 1. The molecule has 2 rings (SSSR count). The first kappa shape index (κ1) is 14.3. The number of ether oxygens (including phenoxy) is 1. The fourth-order valence-electron chi connectivity index (χ4n) is 2.38. The Morgan fingerprint density at radius 2 is 2.20 bits per heavy atom. The molecule has 1 unspecified atom stereocenters. The minimum Gasteiger partial charge on any atom is -0.481 e. The summed E-state index contributed by atoms with van der Waals surface area (Å²) in [6.07, 6.45) is 1.31. The average Bonchev–Trinajstić information content (AvgIpc) is 2.46. The minimum absolute atomic E-state index is 0.222. The normalized spacial score (nSPS) is 18.7. The molecule has 0 radical (unpaired) electrons. The Kier molecular flexibility index (Phi) is 4.22. The maximum Gasteiger partial charge on any atom is 0.308 e. The van der Waals surface area contributed by atoms with Crippen LogP contribution in [0.3, 0.4) is 0 Å². The van der Waals surface area contributed by atoms with Gasteiger partial charge in [0, 0.05) is 18.8 Å². The number of likely N-dealkylation sites (tertiary alicyclic amines) is 1. The quantitative estimate of drug-likeness (QED) is 0.902. The molecule has 0 saturated carbocycles. The van der Waals surface area contributed by atoms with Crippen LogP contribution >= 0.6 is 0 Å². The van der Waals surface area contributed by atoms with E-state index in [9.17, 15) is 9.59 Å². The summed E-state index contributed by atoms with van der Waals surface area (Å²) in [6, 6.07) is 3.42. The summed E-state index contributed by atoms with van der Waals surface area (Å²) in [5.74, 6) is -1.28. The van der Waals surface area contributed by atoms with Gasteiger partial charge in [0.15, 0.2) is 0 Å². The highest BCUT2D eigenvalue weighted by Gasteiger charge is 2.30. The number of amides is 1. The number of aromatic nitrogens is 1. The second-order valence-electron chi connectivity index (χ2n) is 4.94. The topological polar surface area (TPSA) is 79.7 Å². The van der Waals surface area contributed by atoms with E-state index in [0.717, 1.165) is 5.69 Å². The molecule has 1 fully saturated rings. The van der Waals surface area contributed by atoms with E-state index in [2.05, 4.69) is 4.98 Å². The Balaban J connectivity index is 2.20. The molecule has 108 valence electrons. The van der Waals surface area contributed by atoms with Crippen molar-refractivity contribution in [3.05, 3.63) is 23.4 Å². The second-order valence-corrected chi connectivity index (χ2v) is 4.94. The summed E-state index contributed by atoms with van der Waals surface area (Å²) in [7, 11) is 1.47. The van der Waals surface area contributed by atoms with E-state index in [-0.39, 0.29) is 18.3 Å². The van der Waals surface area contributed by atoms with E-state index in [0.29, 0.717) is 24.9 Å². The standard InChI is InChI=1S/C14H18N2O4/c1-9-5-6-11(12(15-9)20-2)13(17)16-7-3-4-10(8-16)14(18)19/h5-6,10H,3-4,7-8H2,1-2H3,(H,18,19). The SMILES string of the molecule is COc1nc(C)ccc1C(=O)N1CCCC(C(=O)O)C1. The highest BCUT2D eigenvalue weighted by Crippen LogP contribution is 2.22. The molecular formula is C14H18N2O4. The van der Waals surface area contributed by atoms with Crippen molar-refractivity contribution in [2.75, 3.05) is 20.2 Å². The number of nitrogens with zero attached hydrogens (tertiary/aromatic N) is 2. The lowest BCUT2D eigenvalue weighted by Crippen LogP contribution is -2.42. The molecule has 0 aliphatic carbocycles. The molecule has 1 saturated heterocycles. The monoisotopic (exact) mass is 278 g/mol. The smallest absolute Gasteiger partial charge is 0.308 e. The molecular weight excluding hydrogens is 260 g/mol. The van der Waals surface area contributed by atoms with Gasteiger partial charge < -0.3 is 14.7 Å². The fourth-order valence-corrected chi connectivity index (χ4v) is 2.38. The molecule has 6 heteroatoms. The highest BCUT2D eigenvalue weighted by atomic mass is 16.5. The summed E-state index contributed by atoms with van der Waals surface area (Å²) in [5.41, 5.74) is 1.14. The maximum atomic E-state index is 12.5. The zero-order valence-electron chi connectivity index (χ0n) is 11.6. The number of hydrogen-bond acceptors (Lipinski definition) is 4. The number of carbonyl (C=O) groups is 2. The first-order valence-corrected chi connectivity index (χ1v) is 6.56. The van der Waals surface area contributed by atoms with E-state index in [1.165, 1.54) is 7.11 Å². The Hall–Kier alpha value is -2.11. The number of hydrogen-bond donors (Lipinski definition) is 1. The number of carboxylic acids is 1. The lowest BCUT2D eigenvalue weighted by Gasteiger charge is -2.30. The third kappa shape index (κ3) is 2.89. The predicted octanol–water partition coefficient (Wildman–Crippen LogP) is 1.34. The molecule has 1 amide bonds. The highest BCUT2D eigenvalue weighted by molar-refractivity contribution is 5.96. The third-order valence-corrected chi connectivity index (χ3v) is 3.48. The molecule has 1 aromatic heterocycles. The van der Waals surface area contributed by atoms with Gasteiger partial charge in [-0.15, -0.1) is 0 Å². The molecule has 0 spiro atoms. The molecule has 1 aliphatic heterocycles. The van der Waals surface area contributed by atoms with Gasteiger partial charge in [-0.3, -0.25) is 9.59 Å². The third-order valence-electron chi connectivity index (χ3n) is 3.48. The van der Waals surface area contributed by atoms with E-state index in [1.54, 1.807) is 17.0 Å². The number of carboxylic acid groups (broad SMARTS) is 1. The van der Waals surface area contributed by atoms with E-state index >= 15 is 0 Å². The molecule has 1 aliphatic rings. The van der Waals surface area contributed by atoms with Gasteiger partial charge in [-0.1, -0.05) is 0 Å². The zero-order valence-corrected chi connectivity index (χ0v) is 11.6. The molecule has 0 bridgehead atoms. The van der Waals surface area contributed by atoms with Gasteiger partial charge in [0.25, 0.3) is 5.91 Å². The number of methoxy groups -OCH3 is 1. The van der Waals surface area contributed by atoms with Crippen molar-refractivity contribution < 1.29 is 19.4 Å². The zero-order chi connectivity index (χ0) is 14.7. The summed E-state index contributed by atoms with van der Waals surface area (Å²) in [4.78, 5) is 29.3. The minimum atomic E-state index is -0.850. The number of aliphatic carboxylic acids is 1. The first-order chi connectivity index (χ1) is 9.52. The molecule has 1 aromatic rings. The summed E-state index contributed by atoms with van der Waals surface area (Å²) >= 11 is 0. The number of rotatable bonds is 3. The first-order valence-electron chi connectivity index (χ1n) is 6.56. The van der Waals surface area contributed by atoms with Crippen LogP contribution in [0.1, 0.15) is 28.9 Å². The molecule has 6 nitrogen and oxygen atoms in total. The number of carbonyl (C=O) groups excluding carboxylic acids is 1. The van der Waals surface area contributed by atoms with Gasteiger partial charge in [-0.2, -0.15) is 0 Å². The lowest BCUT2D eigenvalue weighted by atomic mass is 9.97. The Morgan fingerprint density at radius 3 is 2.85 bits per heavy atom. The van der Waals surface area contributed by atoms with Crippen molar-refractivity contribution in [1.29, 1.82) is 0 Å². The van der Waals surface area contributed by atoms with Crippen molar-refractivity contribution in [1.82, 2.24) is 9.88 Å². The van der Waals surface area contributed by atoms with E-state index < -0.39 is 11.9 Å². The van der Waals surface area contributed by atoms with Crippen LogP contribution in [0.15, 0.2) is 12.1 Å².